The molecule has 0 radical (unpaired) electrons. The number of phenolic OH excluding ortho intramolecular Hbond substituents is 1. The zero-order chi connectivity index (χ0) is 13.6. The van der Waals surface area contributed by atoms with Crippen LogP contribution in [0.2, 0.25) is 0 Å². The van der Waals surface area contributed by atoms with Crippen LogP contribution in [0.25, 0.3) is 11.3 Å². The van der Waals surface area contributed by atoms with E-state index in [1.807, 2.05) is 13.1 Å². The number of carboxylic acid groups (broad SMARTS) is 1. The molecule has 0 unspecified atom stereocenters. The van der Waals surface area contributed by atoms with Crippen LogP contribution in [0.5, 0.6) is 5.75 Å². The molecule has 2 heterocycles. The number of aromatic hydroxyl groups is 1. The summed E-state index contributed by atoms with van der Waals surface area (Å²) >= 11 is 0. The monoisotopic (exact) mass is 259 g/mol. The van der Waals surface area contributed by atoms with Gasteiger partial charge in [0.05, 0.1) is 5.69 Å². The van der Waals surface area contributed by atoms with Gasteiger partial charge in [0.2, 0.25) is 0 Å². The number of carbonyl (C=O) groups is 1. The number of nitrogens with one attached hydrogen (secondary N) is 1. The van der Waals surface area contributed by atoms with E-state index < -0.39 is 5.97 Å². The molecule has 6 heteroatoms. The minimum absolute atomic E-state index is 0.00650. The fraction of sp³-hybridized carbons (Fsp3) is 0.231. The highest BCUT2D eigenvalue weighted by molar-refractivity contribution is 5.87. The van der Waals surface area contributed by atoms with Crippen LogP contribution in [0, 0.1) is 0 Å². The maximum absolute atomic E-state index is 10.8. The average molecular weight is 259 g/mol. The van der Waals surface area contributed by atoms with E-state index >= 15 is 0 Å². The summed E-state index contributed by atoms with van der Waals surface area (Å²) in [5.41, 5.74) is 2.90. The van der Waals surface area contributed by atoms with Crippen molar-refractivity contribution in [2.45, 2.75) is 6.42 Å². The highest BCUT2D eigenvalue weighted by Gasteiger charge is 2.22. The van der Waals surface area contributed by atoms with Crippen LogP contribution in [0.3, 0.4) is 0 Å². The molecule has 3 rings (SSSR count). The third kappa shape index (κ3) is 1.72. The first kappa shape index (κ1) is 11.6. The maximum atomic E-state index is 10.8. The molecule has 1 aliphatic heterocycles. The molecule has 1 aliphatic rings. The van der Waals surface area contributed by atoms with Gasteiger partial charge in [0, 0.05) is 30.4 Å². The van der Waals surface area contributed by atoms with Gasteiger partial charge in [-0.05, 0) is 24.6 Å². The summed E-state index contributed by atoms with van der Waals surface area (Å²) in [6.07, 6.45) is 0.779. The Hall–Kier alpha value is -2.50. The summed E-state index contributed by atoms with van der Waals surface area (Å²) in [5, 5.41) is 25.5. The smallest absolute Gasteiger partial charge is 0.353 e. The highest BCUT2D eigenvalue weighted by atomic mass is 16.4. The fourth-order valence-electron chi connectivity index (χ4n) is 2.41. The number of aromatic carboxylic acids is 1. The summed E-state index contributed by atoms with van der Waals surface area (Å²) in [6, 6.07) is 5.10. The van der Waals surface area contributed by atoms with Crippen molar-refractivity contribution in [2.24, 2.45) is 0 Å². The molecule has 0 aliphatic carbocycles. The number of fused-ring (bicyclic) bond motifs is 1. The van der Waals surface area contributed by atoms with E-state index in [1.165, 1.54) is 6.07 Å². The summed E-state index contributed by atoms with van der Waals surface area (Å²) in [4.78, 5) is 12.9. The number of aromatic nitrogens is 2. The standard InChI is InChI=1S/C13H13N3O3/c1-16-5-4-8-11(16)3-2-7(12(8)17)9-6-10(13(18)19)15-14-9/h2-3,6,17H,4-5H2,1H3,(H,14,15)(H,18,19). The Balaban J connectivity index is 2.08. The van der Waals surface area contributed by atoms with Crippen LogP contribution in [-0.4, -0.2) is 40.0 Å². The van der Waals surface area contributed by atoms with Gasteiger partial charge >= 0.3 is 5.97 Å². The number of nitrogens with zero attached hydrogens (tertiary/aromatic N) is 2. The van der Waals surface area contributed by atoms with Crippen molar-refractivity contribution < 1.29 is 15.0 Å². The Labute approximate surface area is 109 Å². The van der Waals surface area contributed by atoms with E-state index in [-0.39, 0.29) is 11.4 Å². The van der Waals surface area contributed by atoms with E-state index in [0.717, 1.165) is 24.2 Å². The number of benzene rings is 1. The van der Waals surface area contributed by atoms with Crippen molar-refractivity contribution in [2.75, 3.05) is 18.5 Å². The van der Waals surface area contributed by atoms with Crippen LogP contribution < -0.4 is 4.90 Å². The molecule has 1 aromatic carbocycles. The second-order valence-corrected chi connectivity index (χ2v) is 4.60. The van der Waals surface area contributed by atoms with E-state index in [2.05, 4.69) is 15.1 Å². The predicted molar refractivity (Wildman–Crippen MR) is 69.6 cm³/mol. The lowest BCUT2D eigenvalue weighted by molar-refractivity contribution is 0.0690. The molecule has 3 N–H and O–H groups in total. The second-order valence-electron chi connectivity index (χ2n) is 4.60. The van der Waals surface area contributed by atoms with E-state index in [1.54, 1.807) is 6.07 Å². The molecule has 19 heavy (non-hydrogen) atoms. The van der Waals surface area contributed by atoms with Gasteiger partial charge in [0.25, 0.3) is 0 Å². The molecule has 0 amide bonds. The molecular formula is C13H13N3O3. The zero-order valence-corrected chi connectivity index (χ0v) is 10.3. The minimum Gasteiger partial charge on any atom is -0.507 e. The third-order valence-electron chi connectivity index (χ3n) is 3.45. The SMILES string of the molecule is CN1CCc2c1ccc(-c1cc(C(=O)O)[nH]n1)c2O. The number of rotatable bonds is 2. The Kier molecular flexibility index (Phi) is 2.45. The minimum atomic E-state index is -1.07. The first-order valence-corrected chi connectivity index (χ1v) is 5.93. The second kappa shape index (κ2) is 4.01. The maximum Gasteiger partial charge on any atom is 0.353 e. The fourth-order valence-corrected chi connectivity index (χ4v) is 2.41. The van der Waals surface area contributed by atoms with Crippen LogP contribution >= 0.6 is 0 Å². The van der Waals surface area contributed by atoms with Gasteiger partial charge in [-0.1, -0.05) is 0 Å². The van der Waals surface area contributed by atoms with Crippen molar-refractivity contribution in [3.05, 3.63) is 29.5 Å². The lowest BCUT2D eigenvalue weighted by atomic mass is 10.0. The van der Waals surface area contributed by atoms with Crippen LogP contribution in [-0.2, 0) is 6.42 Å². The Bertz CT molecular complexity index is 663. The van der Waals surface area contributed by atoms with Crippen LogP contribution in [0.4, 0.5) is 5.69 Å². The zero-order valence-electron chi connectivity index (χ0n) is 10.3. The molecule has 0 saturated carbocycles. The normalized spacial score (nSPS) is 13.6. The van der Waals surface area contributed by atoms with Gasteiger partial charge < -0.3 is 15.1 Å². The summed E-state index contributed by atoms with van der Waals surface area (Å²) in [7, 11) is 1.97. The number of aromatic amines is 1. The van der Waals surface area contributed by atoms with Crippen molar-refractivity contribution in [1.29, 1.82) is 0 Å². The van der Waals surface area contributed by atoms with Crippen molar-refractivity contribution in [1.82, 2.24) is 10.2 Å². The molecule has 6 nitrogen and oxygen atoms in total. The summed E-state index contributed by atoms with van der Waals surface area (Å²) in [5.74, 6) is -0.885. The molecular weight excluding hydrogens is 246 g/mol. The van der Waals surface area contributed by atoms with Crippen molar-refractivity contribution in [3.63, 3.8) is 0 Å². The third-order valence-corrected chi connectivity index (χ3v) is 3.45. The van der Waals surface area contributed by atoms with Gasteiger partial charge in [-0.2, -0.15) is 5.10 Å². The molecule has 98 valence electrons. The number of hydrogen-bond acceptors (Lipinski definition) is 4. The number of phenols is 1. The van der Waals surface area contributed by atoms with Crippen LogP contribution in [0.15, 0.2) is 18.2 Å². The molecule has 0 fully saturated rings. The molecule has 0 atom stereocenters. The number of likely N-dealkylation sites (N-methyl/N-ethyl adjacent to an activating group) is 1. The Morgan fingerprint density at radius 2 is 2.26 bits per heavy atom. The molecule has 0 spiro atoms. The lowest BCUT2D eigenvalue weighted by Crippen LogP contribution is -2.12. The first-order chi connectivity index (χ1) is 9.08. The number of H-pyrrole nitrogens is 1. The van der Waals surface area contributed by atoms with Gasteiger partial charge in [0.15, 0.2) is 0 Å². The van der Waals surface area contributed by atoms with Gasteiger partial charge in [-0.15, -0.1) is 0 Å². The van der Waals surface area contributed by atoms with Gasteiger partial charge in [-0.25, -0.2) is 4.79 Å². The largest absolute Gasteiger partial charge is 0.507 e. The molecule has 1 aromatic heterocycles. The van der Waals surface area contributed by atoms with E-state index in [0.29, 0.717) is 11.3 Å². The summed E-state index contributed by atoms with van der Waals surface area (Å²) in [6.45, 7) is 0.868. The quantitative estimate of drug-likeness (QED) is 0.760. The number of anilines is 1. The summed E-state index contributed by atoms with van der Waals surface area (Å²) < 4.78 is 0. The Morgan fingerprint density at radius 1 is 1.47 bits per heavy atom. The van der Waals surface area contributed by atoms with E-state index in [4.69, 9.17) is 5.11 Å². The average Bonchev–Trinajstić information content (AvgIpc) is 2.98. The Morgan fingerprint density at radius 3 is 2.95 bits per heavy atom. The molecule has 2 aromatic rings. The van der Waals surface area contributed by atoms with Crippen LogP contribution in [0.1, 0.15) is 16.1 Å². The van der Waals surface area contributed by atoms with Crippen molar-refractivity contribution in [3.8, 4) is 17.0 Å². The number of hydrogen-bond donors (Lipinski definition) is 3. The van der Waals surface area contributed by atoms with Crippen molar-refractivity contribution >= 4 is 11.7 Å². The topological polar surface area (TPSA) is 89.5 Å². The first-order valence-electron chi connectivity index (χ1n) is 5.93. The molecule has 0 bridgehead atoms. The van der Waals surface area contributed by atoms with E-state index in [9.17, 15) is 9.90 Å². The van der Waals surface area contributed by atoms with Gasteiger partial charge in [0.1, 0.15) is 11.4 Å². The van der Waals surface area contributed by atoms with Gasteiger partial charge in [-0.3, -0.25) is 5.10 Å². The molecule has 0 saturated heterocycles. The highest BCUT2D eigenvalue weighted by Crippen LogP contribution is 2.40. The lowest BCUT2D eigenvalue weighted by Gasteiger charge is -2.13. The number of carboxylic acids is 1. The predicted octanol–water partition coefficient (Wildman–Crippen LogP) is 1.47.